The third-order valence-electron chi connectivity index (χ3n) is 3.81. The van der Waals surface area contributed by atoms with Gasteiger partial charge in [0.1, 0.15) is 0 Å². The second-order valence-electron chi connectivity index (χ2n) is 5.98. The molecule has 0 unspecified atom stereocenters. The molecular formula is C18H42N2O3. The average molecular weight is 335 g/mol. The van der Waals surface area contributed by atoms with Crippen LogP contribution in [-0.4, -0.2) is 66.2 Å². The van der Waals surface area contributed by atoms with Crippen LogP contribution in [0.5, 0.6) is 0 Å². The first kappa shape index (κ1) is 25.0. The molecule has 0 fully saturated rings. The molecule has 142 valence electrons. The average Bonchev–Trinajstić information content (AvgIpc) is 2.55. The molecule has 0 aromatic heterocycles. The lowest BCUT2D eigenvalue weighted by Crippen LogP contribution is -2.32. The summed E-state index contributed by atoms with van der Waals surface area (Å²) in [7, 11) is 0. The molecule has 0 heterocycles. The molecule has 0 aromatic rings. The minimum atomic E-state index is 0.0694. The van der Waals surface area contributed by atoms with Gasteiger partial charge in [0.05, 0.1) is 19.8 Å². The predicted molar refractivity (Wildman–Crippen MR) is 98.6 cm³/mol. The zero-order chi connectivity index (χ0) is 17.6. The van der Waals surface area contributed by atoms with Gasteiger partial charge in [0.15, 0.2) is 0 Å². The minimum Gasteiger partial charge on any atom is -0.395 e. The summed E-state index contributed by atoms with van der Waals surface area (Å²) < 4.78 is 0. The lowest BCUT2D eigenvalue weighted by atomic mass is 10.1. The van der Waals surface area contributed by atoms with E-state index < -0.39 is 0 Å². The van der Waals surface area contributed by atoms with Crippen LogP contribution in [0.2, 0.25) is 0 Å². The van der Waals surface area contributed by atoms with Crippen LogP contribution in [0.3, 0.4) is 0 Å². The topological polar surface area (TPSA) is 90.0 Å². The van der Waals surface area contributed by atoms with Gasteiger partial charge in [-0.2, -0.15) is 0 Å². The lowest BCUT2D eigenvalue weighted by molar-refractivity contribution is 0.136. The largest absolute Gasteiger partial charge is 0.395 e. The highest BCUT2D eigenvalue weighted by molar-refractivity contribution is 4.54. The van der Waals surface area contributed by atoms with Crippen LogP contribution >= 0.6 is 0 Å². The fourth-order valence-corrected chi connectivity index (χ4v) is 2.39. The standard InChI is InChI=1S/C12H27N.C6H15NO3/c1-2-3-4-5-6-7-8-9-10-11-12-13;8-4-1-7(2-5-9)3-6-10/h2-13H2,1H3;8-10H,1-6H2. The fraction of sp³-hybridized carbons (Fsp3) is 1.00. The molecule has 0 aromatic carbocycles. The summed E-state index contributed by atoms with van der Waals surface area (Å²) >= 11 is 0. The Morgan fingerprint density at radius 3 is 1.26 bits per heavy atom. The van der Waals surface area contributed by atoms with Crippen molar-refractivity contribution >= 4 is 0 Å². The van der Waals surface area contributed by atoms with Crippen LogP contribution in [0.15, 0.2) is 0 Å². The van der Waals surface area contributed by atoms with E-state index in [0.717, 1.165) is 6.54 Å². The van der Waals surface area contributed by atoms with E-state index >= 15 is 0 Å². The Balaban J connectivity index is 0. The van der Waals surface area contributed by atoms with Crippen LogP contribution in [0.4, 0.5) is 0 Å². The van der Waals surface area contributed by atoms with Crippen molar-refractivity contribution in [1.82, 2.24) is 4.90 Å². The quantitative estimate of drug-likeness (QED) is 0.325. The number of aliphatic hydroxyl groups is 3. The molecule has 0 saturated heterocycles. The van der Waals surface area contributed by atoms with Crippen molar-refractivity contribution in [3.63, 3.8) is 0 Å². The van der Waals surface area contributed by atoms with Gasteiger partial charge in [0, 0.05) is 19.6 Å². The van der Waals surface area contributed by atoms with Gasteiger partial charge in [-0.15, -0.1) is 0 Å². The molecule has 0 aliphatic carbocycles. The van der Waals surface area contributed by atoms with E-state index in [0.29, 0.717) is 19.6 Å². The number of unbranched alkanes of at least 4 members (excludes halogenated alkanes) is 9. The van der Waals surface area contributed by atoms with E-state index in [1.165, 1.54) is 64.2 Å². The second-order valence-corrected chi connectivity index (χ2v) is 5.98. The SMILES string of the molecule is CCCCCCCCCCCCN.OCCN(CCO)CCO. The third kappa shape index (κ3) is 24.2. The predicted octanol–water partition coefficient (Wildman–Crippen LogP) is 2.13. The zero-order valence-corrected chi connectivity index (χ0v) is 15.4. The van der Waals surface area contributed by atoms with E-state index in [1.807, 2.05) is 0 Å². The van der Waals surface area contributed by atoms with Gasteiger partial charge < -0.3 is 21.1 Å². The maximum absolute atomic E-state index is 8.48. The summed E-state index contributed by atoms with van der Waals surface area (Å²) in [5, 5.41) is 25.5. The van der Waals surface area contributed by atoms with Gasteiger partial charge in [-0.05, 0) is 13.0 Å². The molecule has 0 atom stereocenters. The summed E-state index contributed by atoms with van der Waals surface area (Å²) in [5.74, 6) is 0. The molecule has 0 rings (SSSR count). The van der Waals surface area contributed by atoms with Gasteiger partial charge in [-0.25, -0.2) is 0 Å². The summed E-state index contributed by atoms with van der Waals surface area (Å²) in [6.07, 6.45) is 13.9. The highest BCUT2D eigenvalue weighted by Gasteiger charge is 2.00. The molecule has 0 saturated carbocycles. The molecule has 0 bridgehead atoms. The minimum absolute atomic E-state index is 0.0694. The molecule has 0 aliphatic heterocycles. The van der Waals surface area contributed by atoms with Crippen molar-refractivity contribution in [1.29, 1.82) is 0 Å². The molecule has 5 N–H and O–H groups in total. The maximum atomic E-state index is 8.48. The van der Waals surface area contributed by atoms with Crippen LogP contribution in [0, 0.1) is 0 Å². The zero-order valence-electron chi connectivity index (χ0n) is 15.4. The molecule has 0 amide bonds. The fourth-order valence-electron chi connectivity index (χ4n) is 2.39. The smallest absolute Gasteiger partial charge is 0.0558 e. The number of nitrogens with zero attached hydrogens (tertiary/aromatic N) is 1. The summed E-state index contributed by atoms with van der Waals surface area (Å²) in [5.41, 5.74) is 5.42. The first-order valence-corrected chi connectivity index (χ1v) is 9.51. The molecule has 5 heteroatoms. The van der Waals surface area contributed by atoms with Gasteiger partial charge in [-0.3, -0.25) is 4.90 Å². The Bertz CT molecular complexity index is 171. The third-order valence-corrected chi connectivity index (χ3v) is 3.81. The first-order valence-electron chi connectivity index (χ1n) is 9.51. The van der Waals surface area contributed by atoms with E-state index in [4.69, 9.17) is 21.1 Å². The van der Waals surface area contributed by atoms with Crippen molar-refractivity contribution in [3.05, 3.63) is 0 Å². The lowest BCUT2D eigenvalue weighted by Gasteiger charge is -2.17. The molecule has 0 spiro atoms. The number of nitrogens with two attached hydrogens (primary N) is 1. The molecule has 0 aliphatic rings. The Hall–Kier alpha value is -0.200. The molecule has 0 radical (unpaired) electrons. The van der Waals surface area contributed by atoms with Crippen LogP contribution in [-0.2, 0) is 0 Å². The highest BCUT2D eigenvalue weighted by atomic mass is 16.3. The van der Waals surface area contributed by atoms with Crippen molar-refractivity contribution in [2.75, 3.05) is 46.0 Å². The van der Waals surface area contributed by atoms with E-state index in [-0.39, 0.29) is 19.8 Å². The van der Waals surface area contributed by atoms with Crippen molar-refractivity contribution in [2.24, 2.45) is 5.73 Å². The second kappa shape index (κ2) is 24.1. The first-order chi connectivity index (χ1) is 11.3. The van der Waals surface area contributed by atoms with Crippen LogP contribution in [0.1, 0.15) is 71.1 Å². The Morgan fingerprint density at radius 1 is 0.609 bits per heavy atom. The monoisotopic (exact) mass is 334 g/mol. The molecular weight excluding hydrogens is 292 g/mol. The number of rotatable bonds is 16. The summed E-state index contributed by atoms with van der Waals surface area (Å²) in [6.45, 7) is 4.90. The van der Waals surface area contributed by atoms with Crippen molar-refractivity contribution < 1.29 is 15.3 Å². The Labute approximate surface area is 143 Å². The molecule has 5 nitrogen and oxygen atoms in total. The van der Waals surface area contributed by atoms with Gasteiger partial charge in [0.25, 0.3) is 0 Å². The summed E-state index contributed by atoms with van der Waals surface area (Å²) in [4.78, 5) is 1.79. The van der Waals surface area contributed by atoms with Gasteiger partial charge in [0.2, 0.25) is 0 Å². The summed E-state index contributed by atoms with van der Waals surface area (Å²) in [6, 6.07) is 0. The maximum Gasteiger partial charge on any atom is 0.0558 e. The van der Waals surface area contributed by atoms with Gasteiger partial charge in [-0.1, -0.05) is 64.7 Å². The Morgan fingerprint density at radius 2 is 0.957 bits per heavy atom. The highest BCUT2D eigenvalue weighted by Crippen LogP contribution is 2.09. The number of aliphatic hydroxyl groups excluding tert-OH is 3. The van der Waals surface area contributed by atoms with Crippen molar-refractivity contribution in [3.8, 4) is 0 Å². The van der Waals surface area contributed by atoms with E-state index in [1.54, 1.807) is 4.90 Å². The molecule has 23 heavy (non-hydrogen) atoms. The van der Waals surface area contributed by atoms with Crippen molar-refractivity contribution in [2.45, 2.75) is 71.1 Å². The van der Waals surface area contributed by atoms with E-state index in [2.05, 4.69) is 6.92 Å². The van der Waals surface area contributed by atoms with Gasteiger partial charge >= 0.3 is 0 Å². The van der Waals surface area contributed by atoms with Crippen LogP contribution < -0.4 is 5.73 Å². The normalized spacial score (nSPS) is 10.7. The van der Waals surface area contributed by atoms with Crippen LogP contribution in [0.25, 0.3) is 0 Å². The number of hydrogen-bond acceptors (Lipinski definition) is 5. The number of hydrogen-bond donors (Lipinski definition) is 4. The van der Waals surface area contributed by atoms with E-state index in [9.17, 15) is 0 Å². The Kier molecular flexibility index (Phi) is 26.2.